The molecule has 0 radical (unpaired) electrons. The van der Waals surface area contributed by atoms with Crippen LogP contribution in [0.2, 0.25) is 0 Å². The lowest BCUT2D eigenvalue weighted by Crippen LogP contribution is -2.16. The van der Waals surface area contributed by atoms with Crippen LogP contribution in [0.25, 0.3) is 0 Å². The smallest absolute Gasteiger partial charge is 0.356 e. The van der Waals surface area contributed by atoms with Gasteiger partial charge in [0.1, 0.15) is 0 Å². The number of nitrogens with one attached hydrogen (secondary N) is 1. The summed E-state index contributed by atoms with van der Waals surface area (Å²) in [4.78, 5) is 23.8. The Kier molecular flexibility index (Phi) is 4.57. The molecule has 2 aromatic heterocycles. The van der Waals surface area contributed by atoms with E-state index in [0.29, 0.717) is 12.1 Å². The predicted molar refractivity (Wildman–Crippen MR) is 95.4 cm³/mol. The number of anilines is 1. The van der Waals surface area contributed by atoms with Gasteiger partial charge in [0, 0.05) is 18.3 Å². The summed E-state index contributed by atoms with van der Waals surface area (Å²) in [5, 5.41) is 20.1. The zero-order valence-electron chi connectivity index (χ0n) is 14.7. The van der Waals surface area contributed by atoms with Crippen LogP contribution in [0.4, 0.5) is 5.69 Å². The third-order valence-corrected chi connectivity index (χ3v) is 4.01. The van der Waals surface area contributed by atoms with E-state index in [1.807, 2.05) is 30.7 Å². The molecule has 3 aromatic rings. The SMILES string of the molecule is Cc1cc(C)n(Cc2cccc(C(=O)Nc3cnn(C)c3C(=O)O)c2)n1. The standard InChI is InChI=1S/C18H19N5O3/c1-11-7-12(2)23(21-11)10-13-5-4-6-14(8-13)17(24)20-15-9-19-22(3)16(15)18(25)26/h4-9H,10H2,1-3H3,(H,20,24)(H,25,26). The summed E-state index contributed by atoms with van der Waals surface area (Å²) >= 11 is 0. The number of carbonyl (C=O) groups is 2. The fourth-order valence-corrected chi connectivity index (χ4v) is 2.80. The van der Waals surface area contributed by atoms with Gasteiger partial charge >= 0.3 is 5.97 Å². The van der Waals surface area contributed by atoms with Crippen molar-refractivity contribution in [2.45, 2.75) is 20.4 Å². The molecule has 8 nitrogen and oxygen atoms in total. The highest BCUT2D eigenvalue weighted by atomic mass is 16.4. The van der Waals surface area contributed by atoms with Gasteiger partial charge in [-0.15, -0.1) is 0 Å². The van der Waals surface area contributed by atoms with E-state index in [1.54, 1.807) is 18.2 Å². The second kappa shape index (κ2) is 6.83. The number of rotatable bonds is 5. The minimum absolute atomic E-state index is 0.0721. The molecule has 0 unspecified atom stereocenters. The number of aromatic carboxylic acids is 1. The largest absolute Gasteiger partial charge is 0.476 e. The van der Waals surface area contributed by atoms with Crippen molar-refractivity contribution in [1.29, 1.82) is 0 Å². The third-order valence-electron chi connectivity index (χ3n) is 4.01. The summed E-state index contributed by atoms with van der Waals surface area (Å²) in [6.45, 7) is 4.46. The number of carbonyl (C=O) groups excluding carboxylic acids is 1. The molecule has 0 atom stereocenters. The summed E-state index contributed by atoms with van der Waals surface area (Å²) in [6.07, 6.45) is 1.32. The first-order valence-electron chi connectivity index (χ1n) is 8.02. The normalized spacial score (nSPS) is 10.7. The summed E-state index contributed by atoms with van der Waals surface area (Å²) in [6, 6.07) is 9.14. The summed E-state index contributed by atoms with van der Waals surface area (Å²) in [5.41, 5.74) is 3.43. The number of hydrogen-bond acceptors (Lipinski definition) is 4. The molecular weight excluding hydrogens is 334 g/mol. The van der Waals surface area contributed by atoms with Crippen LogP contribution < -0.4 is 5.32 Å². The van der Waals surface area contributed by atoms with E-state index in [9.17, 15) is 14.7 Å². The Labute approximate surface area is 150 Å². The molecule has 8 heteroatoms. The number of aromatic nitrogens is 4. The molecule has 134 valence electrons. The quantitative estimate of drug-likeness (QED) is 0.732. The van der Waals surface area contributed by atoms with Crippen LogP contribution in [-0.4, -0.2) is 36.5 Å². The van der Waals surface area contributed by atoms with Crippen LogP contribution in [0.5, 0.6) is 0 Å². The molecule has 0 saturated heterocycles. The molecule has 26 heavy (non-hydrogen) atoms. The van der Waals surface area contributed by atoms with E-state index >= 15 is 0 Å². The Morgan fingerprint density at radius 2 is 2.00 bits per heavy atom. The van der Waals surface area contributed by atoms with Crippen molar-refractivity contribution in [3.05, 3.63) is 64.7 Å². The number of hydrogen-bond donors (Lipinski definition) is 2. The van der Waals surface area contributed by atoms with Crippen molar-refractivity contribution in [2.24, 2.45) is 7.05 Å². The third kappa shape index (κ3) is 3.49. The summed E-state index contributed by atoms with van der Waals surface area (Å²) in [7, 11) is 1.51. The van der Waals surface area contributed by atoms with Gasteiger partial charge < -0.3 is 10.4 Å². The molecule has 1 aromatic carbocycles. The van der Waals surface area contributed by atoms with E-state index in [4.69, 9.17) is 0 Å². The second-order valence-corrected chi connectivity index (χ2v) is 6.07. The molecular formula is C18H19N5O3. The number of benzene rings is 1. The molecule has 0 aliphatic rings. The van der Waals surface area contributed by atoms with Gasteiger partial charge in [-0.3, -0.25) is 14.2 Å². The van der Waals surface area contributed by atoms with Crippen LogP contribution in [0.1, 0.15) is 37.8 Å². The maximum absolute atomic E-state index is 12.5. The van der Waals surface area contributed by atoms with Gasteiger partial charge in [-0.2, -0.15) is 10.2 Å². The predicted octanol–water partition coefficient (Wildman–Crippen LogP) is 2.23. The fourth-order valence-electron chi connectivity index (χ4n) is 2.80. The van der Waals surface area contributed by atoms with Crippen LogP contribution in [0.15, 0.2) is 36.5 Å². The number of carboxylic acids is 1. The van der Waals surface area contributed by atoms with Gasteiger partial charge in [-0.1, -0.05) is 12.1 Å². The Morgan fingerprint density at radius 1 is 1.23 bits per heavy atom. The number of carboxylic acid groups (broad SMARTS) is 1. The molecule has 0 saturated carbocycles. The molecule has 0 bridgehead atoms. The first-order valence-corrected chi connectivity index (χ1v) is 8.02. The number of aryl methyl sites for hydroxylation is 3. The fraction of sp³-hybridized carbons (Fsp3) is 0.222. The van der Waals surface area contributed by atoms with Crippen LogP contribution >= 0.6 is 0 Å². The molecule has 1 amide bonds. The van der Waals surface area contributed by atoms with E-state index < -0.39 is 11.9 Å². The molecule has 0 fully saturated rings. The van der Waals surface area contributed by atoms with Gasteiger partial charge in [0.2, 0.25) is 0 Å². The second-order valence-electron chi connectivity index (χ2n) is 6.07. The van der Waals surface area contributed by atoms with Crippen molar-refractivity contribution in [3.8, 4) is 0 Å². The van der Waals surface area contributed by atoms with Crippen LogP contribution in [0, 0.1) is 13.8 Å². The van der Waals surface area contributed by atoms with Crippen molar-refractivity contribution < 1.29 is 14.7 Å². The topological polar surface area (TPSA) is 102 Å². The van der Waals surface area contributed by atoms with Crippen molar-refractivity contribution in [3.63, 3.8) is 0 Å². The lowest BCUT2D eigenvalue weighted by molar-refractivity contribution is 0.0686. The minimum Gasteiger partial charge on any atom is -0.476 e. The maximum Gasteiger partial charge on any atom is 0.356 e. The van der Waals surface area contributed by atoms with Crippen LogP contribution in [0.3, 0.4) is 0 Å². The average Bonchev–Trinajstić information content (AvgIpc) is 3.09. The highest BCUT2D eigenvalue weighted by molar-refractivity contribution is 6.07. The highest BCUT2D eigenvalue weighted by Gasteiger charge is 2.18. The minimum atomic E-state index is -1.15. The molecule has 0 aliphatic heterocycles. The van der Waals surface area contributed by atoms with E-state index in [0.717, 1.165) is 17.0 Å². The summed E-state index contributed by atoms with van der Waals surface area (Å²) < 4.78 is 3.08. The zero-order chi connectivity index (χ0) is 18.8. The van der Waals surface area contributed by atoms with Gasteiger partial charge in [0.15, 0.2) is 5.69 Å². The molecule has 0 aliphatic carbocycles. The van der Waals surface area contributed by atoms with Gasteiger partial charge in [0.25, 0.3) is 5.91 Å². The number of amides is 1. The van der Waals surface area contributed by atoms with Crippen molar-refractivity contribution in [1.82, 2.24) is 19.6 Å². The van der Waals surface area contributed by atoms with E-state index in [-0.39, 0.29) is 11.4 Å². The maximum atomic E-state index is 12.5. The lowest BCUT2D eigenvalue weighted by Gasteiger charge is -2.08. The molecule has 2 N–H and O–H groups in total. The summed E-state index contributed by atoms with van der Waals surface area (Å²) in [5.74, 6) is -1.55. The molecule has 3 rings (SSSR count). The molecule has 2 heterocycles. The lowest BCUT2D eigenvalue weighted by atomic mass is 10.1. The van der Waals surface area contributed by atoms with Crippen LogP contribution in [-0.2, 0) is 13.6 Å². The van der Waals surface area contributed by atoms with Gasteiger partial charge in [-0.25, -0.2) is 4.79 Å². The van der Waals surface area contributed by atoms with E-state index in [1.165, 1.54) is 17.9 Å². The first-order chi connectivity index (χ1) is 12.3. The Bertz CT molecular complexity index is 987. The van der Waals surface area contributed by atoms with Crippen molar-refractivity contribution >= 4 is 17.6 Å². The monoisotopic (exact) mass is 353 g/mol. The highest BCUT2D eigenvalue weighted by Crippen LogP contribution is 2.16. The molecule has 0 spiro atoms. The first kappa shape index (κ1) is 17.4. The van der Waals surface area contributed by atoms with Crippen molar-refractivity contribution in [2.75, 3.05) is 5.32 Å². The zero-order valence-corrected chi connectivity index (χ0v) is 14.7. The van der Waals surface area contributed by atoms with E-state index in [2.05, 4.69) is 15.5 Å². The Hall–Kier alpha value is -3.42. The Morgan fingerprint density at radius 3 is 2.65 bits per heavy atom. The van der Waals surface area contributed by atoms with Gasteiger partial charge in [-0.05, 0) is 37.6 Å². The number of nitrogens with zero attached hydrogens (tertiary/aromatic N) is 4. The average molecular weight is 353 g/mol. The Balaban J connectivity index is 1.81. The van der Waals surface area contributed by atoms with Gasteiger partial charge in [0.05, 0.1) is 24.1 Å².